The van der Waals surface area contributed by atoms with Gasteiger partial charge in [-0.15, -0.1) is 0 Å². The molecule has 1 aromatic carbocycles. The van der Waals surface area contributed by atoms with Crippen LogP contribution in [0, 0.1) is 10.1 Å². The maximum Gasteiger partial charge on any atom is 0.284 e. The predicted molar refractivity (Wildman–Crippen MR) is 99.9 cm³/mol. The van der Waals surface area contributed by atoms with Crippen molar-refractivity contribution < 1.29 is 13.3 Å². The molecule has 24 heavy (non-hydrogen) atoms. The first-order valence-corrected chi connectivity index (χ1v) is 10.1. The third-order valence-corrected chi connectivity index (χ3v) is 6.21. The molecule has 134 valence electrons. The van der Waals surface area contributed by atoms with Crippen LogP contribution in [0.3, 0.4) is 0 Å². The lowest BCUT2D eigenvalue weighted by molar-refractivity contribution is -0.387. The van der Waals surface area contributed by atoms with Crippen LogP contribution in [0.2, 0.25) is 0 Å². The minimum Gasteiger partial charge on any atom is -0.358 e. The standard InChI is InChI=1S/C14H21N3O4S3/c1-5-16(6-2)14(22)23-13-8-7-11(9-12(13)17(18)19)24(20,21)15-10(3)4/h7-10,15H,5-6H2,1-4H3. The van der Waals surface area contributed by atoms with Gasteiger partial charge in [-0.1, -0.05) is 24.0 Å². The monoisotopic (exact) mass is 391 g/mol. The molecule has 0 radical (unpaired) electrons. The summed E-state index contributed by atoms with van der Waals surface area (Å²) in [6.45, 7) is 8.63. The number of benzene rings is 1. The molecule has 0 fully saturated rings. The van der Waals surface area contributed by atoms with E-state index in [9.17, 15) is 18.5 Å². The van der Waals surface area contributed by atoms with E-state index in [1.807, 2.05) is 18.7 Å². The Bertz CT molecular complexity index is 716. The van der Waals surface area contributed by atoms with Crippen molar-refractivity contribution in [2.24, 2.45) is 0 Å². The molecule has 0 bridgehead atoms. The summed E-state index contributed by atoms with van der Waals surface area (Å²) >= 11 is 6.39. The van der Waals surface area contributed by atoms with Crippen LogP contribution in [0.5, 0.6) is 0 Å². The van der Waals surface area contributed by atoms with E-state index in [2.05, 4.69) is 4.72 Å². The summed E-state index contributed by atoms with van der Waals surface area (Å²) < 4.78 is 27.3. The molecule has 0 saturated heterocycles. The highest BCUT2D eigenvalue weighted by Gasteiger charge is 2.23. The number of nitrogens with one attached hydrogen (secondary N) is 1. The first kappa shape index (κ1) is 20.8. The molecule has 0 heterocycles. The molecule has 0 saturated carbocycles. The van der Waals surface area contributed by atoms with Crippen molar-refractivity contribution in [3.63, 3.8) is 0 Å². The Balaban J connectivity index is 3.22. The number of thiocarbonyl (C=S) groups is 1. The maximum absolute atomic E-state index is 12.2. The summed E-state index contributed by atoms with van der Waals surface area (Å²) in [5, 5.41) is 11.3. The molecular weight excluding hydrogens is 370 g/mol. The third-order valence-electron chi connectivity index (χ3n) is 3.05. The Labute approximate surface area is 152 Å². The summed E-state index contributed by atoms with van der Waals surface area (Å²) in [5.74, 6) is 0. The topological polar surface area (TPSA) is 92.6 Å². The van der Waals surface area contributed by atoms with Crippen LogP contribution in [0.4, 0.5) is 5.69 Å². The fraction of sp³-hybridized carbons (Fsp3) is 0.500. The maximum atomic E-state index is 12.2. The number of rotatable bonds is 7. The smallest absolute Gasteiger partial charge is 0.284 e. The Kier molecular flexibility index (Phi) is 7.58. The van der Waals surface area contributed by atoms with E-state index in [4.69, 9.17) is 12.2 Å². The lowest BCUT2D eigenvalue weighted by atomic mass is 10.3. The van der Waals surface area contributed by atoms with Gasteiger partial charge in [-0.2, -0.15) is 0 Å². The number of sulfonamides is 1. The molecule has 0 atom stereocenters. The molecule has 10 heteroatoms. The number of nitro benzene ring substituents is 1. The van der Waals surface area contributed by atoms with Gasteiger partial charge in [-0.05, 0) is 39.8 Å². The van der Waals surface area contributed by atoms with Gasteiger partial charge in [0.25, 0.3) is 5.69 Å². The van der Waals surface area contributed by atoms with Gasteiger partial charge in [0.2, 0.25) is 10.0 Å². The van der Waals surface area contributed by atoms with E-state index < -0.39 is 14.9 Å². The van der Waals surface area contributed by atoms with Crippen molar-refractivity contribution in [2.75, 3.05) is 13.1 Å². The minimum absolute atomic E-state index is 0.138. The predicted octanol–water partition coefficient (Wildman–Crippen LogP) is 3.00. The average molecular weight is 392 g/mol. The Morgan fingerprint density at radius 1 is 1.38 bits per heavy atom. The Hall–Kier alpha value is -1.23. The molecule has 0 unspecified atom stereocenters. The van der Waals surface area contributed by atoms with Gasteiger partial charge in [-0.3, -0.25) is 10.1 Å². The van der Waals surface area contributed by atoms with Crippen molar-refractivity contribution >= 4 is 44.0 Å². The molecule has 0 aliphatic rings. The number of nitrogens with zero attached hydrogens (tertiary/aromatic N) is 2. The second-order valence-electron chi connectivity index (χ2n) is 5.20. The number of hydrogen-bond acceptors (Lipinski definition) is 6. The molecule has 0 amide bonds. The zero-order chi connectivity index (χ0) is 18.5. The van der Waals surface area contributed by atoms with Gasteiger partial charge in [0, 0.05) is 25.2 Å². The average Bonchev–Trinajstić information content (AvgIpc) is 2.47. The second kappa shape index (κ2) is 8.75. The van der Waals surface area contributed by atoms with E-state index in [0.717, 1.165) is 17.8 Å². The van der Waals surface area contributed by atoms with E-state index in [1.54, 1.807) is 13.8 Å². The zero-order valence-electron chi connectivity index (χ0n) is 14.0. The molecule has 7 nitrogen and oxygen atoms in total. The Morgan fingerprint density at radius 2 is 1.96 bits per heavy atom. The van der Waals surface area contributed by atoms with Crippen LogP contribution >= 0.6 is 24.0 Å². The molecule has 0 aromatic heterocycles. The summed E-state index contributed by atoms with van der Waals surface area (Å²) in [4.78, 5) is 12.8. The van der Waals surface area contributed by atoms with Gasteiger partial charge < -0.3 is 4.90 Å². The van der Waals surface area contributed by atoms with Crippen molar-refractivity contribution in [3.05, 3.63) is 28.3 Å². The van der Waals surface area contributed by atoms with Crippen molar-refractivity contribution in [3.8, 4) is 0 Å². The largest absolute Gasteiger partial charge is 0.358 e. The van der Waals surface area contributed by atoms with Crippen LogP contribution in [-0.4, -0.2) is 41.7 Å². The highest BCUT2D eigenvalue weighted by molar-refractivity contribution is 8.23. The van der Waals surface area contributed by atoms with Gasteiger partial charge >= 0.3 is 0 Å². The molecule has 0 aliphatic carbocycles. The van der Waals surface area contributed by atoms with Crippen LogP contribution in [0.15, 0.2) is 28.0 Å². The summed E-state index contributed by atoms with van der Waals surface area (Å²) in [6.07, 6.45) is 0. The number of thioether (sulfide) groups is 1. The van der Waals surface area contributed by atoms with Crippen LogP contribution < -0.4 is 4.72 Å². The number of hydrogen-bond donors (Lipinski definition) is 1. The van der Waals surface area contributed by atoms with Gasteiger partial charge in [0.05, 0.1) is 14.7 Å². The third kappa shape index (κ3) is 5.40. The first-order valence-electron chi connectivity index (χ1n) is 7.39. The number of nitro groups is 1. The normalized spacial score (nSPS) is 11.5. The minimum atomic E-state index is -3.79. The van der Waals surface area contributed by atoms with E-state index in [0.29, 0.717) is 22.3 Å². The first-order chi connectivity index (χ1) is 11.1. The van der Waals surface area contributed by atoms with Gasteiger partial charge in [0.1, 0.15) is 4.32 Å². The van der Waals surface area contributed by atoms with E-state index in [1.165, 1.54) is 12.1 Å². The molecule has 0 spiro atoms. The molecule has 0 aliphatic heterocycles. The quantitative estimate of drug-likeness (QED) is 0.330. The molecular formula is C14H21N3O4S3. The van der Waals surface area contributed by atoms with E-state index >= 15 is 0 Å². The summed E-state index contributed by atoms with van der Waals surface area (Å²) in [5.41, 5.74) is -0.277. The molecule has 1 aromatic rings. The van der Waals surface area contributed by atoms with Crippen LogP contribution in [-0.2, 0) is 10.0 Å². The highest BCUT2D eigenvalue weighted by Crippen LogP contribution is 2.33. The van der Waals surface area contributed by atoms with Gasteiger partial charge in [0.15, 0.2) is 0 Å². The molecule has 1 rings (SSSR count). The molecule has 1 N–H and O–H groups in total. The summed E-state index contributed by atoms with van der Waals surface area (Å²) in [7, 11) is -3.79. The van der Waals surface area contributed by atoms with E-state index in [-0.39, 0.29) is 16.6 Å². The fourth-order valence-electron chi connectivity index (χ4n) is 1.91. The SMILES string of the molecule is CCN(CC)C(=S)Sc1ccc(S(=O)(=O)NC(C)C)cc1[N+](=O)[O-]. The summed E-state index contributed by atoms with van der Waals surface area (Å²) in [6, 6.07) is 3.54. The zero-order valence-corrected chi connectivity index (χ0v) is 16.4. The second-order valence-corrected chi connectivity index (χ2v) is 8.59. The lowest BCUT2D eigenvalue weighted by Crippen LogP contribution is -2.30. The van der Waals surface area contributed by atoms with Gasteiger partial charge in [-0.25, -0.2) is 13.1 Å². The van der Waals surface area contributed by atoms with Crippen molar-refractivity contribution in [1.29, 1.82) is 0 Å². The van der Waals surface area contributed by atoms with Crippen molar-refractivity contribution in [1.82, 2.24) is 9.62 Å². The Morgan fingerprint density at radius 3 is 2.42 bits per heavy atom. The fourth-order valence-corrected chi connectivity index (χ4v) is 4.66. The van der Waals surface area contributed by atoms with Crippen molar-refractivity contribution in [2.45, 2.75) is 43.5 Å². The van der Waals surface area contributed by atoms with Crippen LogP contribution in [0.25, 0.3) is 0 Å². The lowest BCUT2D eigenvalue weighted by Gasteiger charge is -2.20. The highest BCUT2D eigenvalue weighted by atomic mass is 32.2. The van der Waals surface area contributed by atoms with Crippen LogP contribution in [0.1, 0.15) is 27.7 Å².